The van der Waals surface area contributed by atoms with E-state index >= 15 is 0 Å². The van der Waals surface area contributed by atoms with Crippen LogP contribution in [-0.2, 0) is 10.0 Å². The lowest BCUT2D eigenvalue weighted by Crippen LogP contribution is -2.11. The topological polar surface area (TPSA) is 90.1 Å². The van der Waals surface area contributed by atoms with Gasteiger partial charge in [0.1, 0.15) is 11.6 Å². The largest absolute Gasteiger partial charge is 0.286 e. The Labute approximate surface area is 180 Å². The van der Waals surface area contributed by atoms with Crippen molar-refractivity contribution in [1.82, 2.24) is 4.98 Å². The fraction of sp³-hybridized carbons (Fsp3) is 0. The second-order valence-corrected chi connectivity index (χ2v) is 9.17. The molecule has 0 aliphatic rings. The van der Waals surface area contributed by atoms with E-state index in [0.717, 1.165) is 17.4 Å². The first kappa shape index (κ1) is 21.0. The monoisotopic (exact) mass is 456 g/mol. The molecular weight excluding hydrogens is 442 g/mol. The van der Waals surface area contributed by atoms with Crippen LogP contribution in [0.3, 0.4) is 0 Å². The summed E-state index contributed by atoms with van der Waals surface area (Å²) in [4.78, 5) is 17.9. The van der Waals surface area contributed by atoms with Crippen LogP contribution in [0.2, 0.25) is 0 Å². The third-order valence-electron chi connectivity index (χ3n) is 4.47. The molecular formula is C22H14F2N2O3S2. The Kier molecular flexibility index (Phi) is 5.48. The van der Waals surface area contributed by atoms with Gasteiger partial charge in [-0.3, -0.25) is 4.79 Å². The minimum Gasteiger partial charge on any atom is -0.286 e. The summed E-state index contributed by atoms with van der Waals surface area (Å²) in [5.41, 5.74) is 1.73. The highest BCUT2D eigenvalue weighted by atomic mass is 32.2. The summed E-state index contributed by atoms with van der Waals surface area (Å²) in [6.07, 6.45) is 0. The summed E-state index contributed by atoms with van der Waals surface area (Å²) in [5, 5.41) is 5.27. The van der Waals surface area contributed by atoms with Gasteiger partial charge in [0.15, 0.2) is 5.01 Å². The predicted octanol–water partition coefficient (Wildman–Crippen LogP) is 4.63. The maximum absolute atomic E-state index is 13.6. The zero-order chi connectivity index (χ0) is 22.2. The predicted molar refractivity (Wildman–Crippen MR) is 114 cm³/mol. The first-order chi connectivity index (χ1) is 14.7. The molecule has 0 amide bonds. The van der Waals surface area contributed by atoms with E-state index in [-0.39, 0.29) is 15.5 Å². The number of primary sulfonamides is 1. The highest BCUT2D eigenvalue weighted by molar-refractivity contribution is 7.89. The molecule has 0 aliphatic heterocycles. The number of nitrogens with two attached hydrogens (primary N) is 1. The summed E-state index contributed by atoms with van der Waals surface area (Å²) in [6, 6.07) is 16.7. The van der Waals surface area contributed by atoms with Crippen LogP contribution in [0.5, 0.6) is 0 Å². The van der Waals surface area contributed by atoms with Crippen LogP contribution in [0.25, 0.3) is 21.7 Å². The summed E-state index contributed by atoms with van der Waals surface area (Å²) < 4.78 is 50.0. The number of hydrogen-bond acceptors (Lipinski definition) is 5. The molecule has 1 heterocycles. The molecule has 5 nitrogen and oxygen atoms in total. The van der Waals surface area contributed by atoms with Crippen LogP contribution in [0.15, 0.2) is 77.7 Å². The average molecular weight is 456 g/mol. The fourth-order valence-electron chi connectivity index (χ4n) is 2.97. The van der Waals surface area contributed by atoms with Crippen molar-refractivity contribution in [3.05, 3.63) is 95.0 Å². The molecule has 1 aromatic heterocycles. The third kappa shape index (κ3) is 4.43. The molecule has 4 aromatic rings. The van der Waals surface area contributed by atoms with Crippen molar-refractivity contribution in [2.45, 2.75) is 4.90 Å². The van der Waals surface area contributed by atoms with Gasteiger partial charge in [0.2, 0.25) is 15.8 Å². The van der Waals surface area contributed by atoms with Crippen molar-refractivity contribution >= 4 is 27.1 Å². The van der Waals surface area contributed by atoms with Crippen molar-refractivity contribution in [1.29, 1.82) is 0 Å². The number of hydrogen-bond donors (Lipinski definition) is 1. The van der Waals surface area contributed by atoms with Crippen LogP contribution < -0.4 is 5.14 Å². The number of carbonyl (C=O) groups is 1. The first-order valence-electron chi connectivity index (χ1n) is 8.92. The molecule has 0 saturated carbocycles. The number of benzene rings is 3. The van der Waals surface area contributed by atoms with Gasteiger partial charge in [0, 0.05) is 11.1 Å². The molecule has 0 spiro atoms. The fourth-order valence-corrected chi connectivity index (χ4v) is 4.54. The summed E-state index contributed by atoms with van der Waals surface area (Å²) in [5.74, 6) is -1.41. The van der Waals surface area contributed by atoms with E-state index in [0.29, 0.717) is 21.7 Å². The van der Waals surface area contributed by atoms with Crippen molar-refractivity contribution in [3.63, 3.8) is 0 Å². The normalized spacial score (nSPS) is 11.5. The molecule has 0 bridgehead atoms. The quantitative estimate of drug-likeness (QED) is 0.443. The van der Waals surface area contributed by atoms with E-state index in [9.17, 15) is 22.0 Å². The Morgan fingerprint density at radius 1 is 0.871 bits per heavy atom. The minimum atomic E-state index is -3.87. The van der Waals surface area contributed by atoms with E-state index in [1.54, 1.807) is 12.1 Å². The van der Waals surface area contributed by atoms with E-state index < -0.39 is 27.4 Å². The number of ketones is 1. The zero-order valence-electron chi connectivity index (χ0n) is 15.7. The number of thiazole rings is 1. The summed E-state index contributed by atoms with van der Waals surface area (Å²) >= 11 is 1.08. The van der Waals surface area contributed by atoms with Gasteiger partial charge in [0.25, 0.3) is 0 Å². The van der Waals surface area contributed by atoms with Gasteiger partial charge in [-0.25, -0.2) is 27.3 Å². The van der Waals surface area contributed by atoms with Crippen LogP contribution in [0.1, 0.15) is 15.4 Å². The number of halogens is 2. The van der Waals surface area contributed by atoms with Crippen molar-refractivity contribution < 1.29 is 22.0 Å². The smallest absolute Gasteiger partial charge is 0.238 e. The Balaban J connectivity index is 1.84. The van der Waals surface area contributed by atoms with E-state index in [2.05, 4.69) is 4.98 Å². The molecule has 156 valence electrons. The van der Waals surface area contributed by atoms with Gasteiger partial charge in [-0.2, -0.15) is 0 Å². The Morgan fingerprint density at radius 2 is 1.52 bits per heavy atom. The molecule has 0 unspecified atom stereocenters. The third-order valence-corrected chi connectivity index (χ3v) is 6.50. The first-order valence-corrected chi connectivity index (χ1v) is 11.3. The zero-order valence-corrected chi connectivity index (χ0v) is 17.4. The number of sulfonamides is 1. The molecule has 0 saturated heterocycles. The number of aromatic nitrogens is 1. The standard InChI is InChI=1S/C22H14F2N2O3S2/c23-16-8-4-14(5-9-16)21-19(13-6-10-18(11-7-13)31(25,28)29)26-22(30-21)20(27)15-2-1-3-17(24)12-15/h1-12H,(H2,25,28,29). The minimum absolute atomic E-state index is 0.0640. The second kappa shape index (κ2) is 8.10. The average Bonchev–Trinajstić information content (AvgIpc) is 3.18. The summed E-state index contributed by atoms with van der Waals surface area (Å²) in [6.45, 7) is 0. The Morgan fingerprint density at radius 3 is 2.13 bits per heavy atom. The van der Waals surface area contributed by atoms with Crippen LogP contribution in [0.4, 0.5) is 8.78 Å². The molecule has 0 aliphatic carbocycles. The van der Waals surface area contributed by atoms with E-state index in [1.165, 1.54) is 54.6 Å². The maximum atomic E-state index is 13.6. The van der Waals surface area contributed by atoms with Crippen LogP contribution in [-0.4, -0.2) is 19.2 Å². The number of rotatable bonds is 5. The molecule has 2 N–H and O–H groups in total. The SMILES string of the molecule is NS(=O)(=O)c1ccc(-c2nc(C(=O)c3cccc(F)c3)sc2-c2ccc(F)cc2)cc1. The van der Waals surface area contributed by atoms with Crippen LogP contribution in [0, 0.1) is 11.6 Å². The van der Waals surface area contributed by atoms with Crippen molar-refractivity contribution in [2.24, 2.45) is 5.14 Å². The highest BCUT2D eigenvalue weighted by Gasteiger charge is 2.21. The Hall–Kier alpha value is -3.27. The Bertz CT molecular complexity index is 1380. The molecule has 0 fully saturated rings. The van der Waals surface area contributed by atoms with Gasteiger partial charge in [-0.1, -0.05) is 36.4 Å². The maximum Gasteiger partial charge on any atom is 0.238 e. The number of carbonyl (C=O) groups excluding carboxylic acids is 1. The molecule has 31 heavy (non-hydrogen) atoms. The van der Waals surface area contributed by atoms with Gasteiger partial charge in [0.05, 0.1) is 15.5 Å². The number of nitrogens with zero attached hydrogens (tertiary/aromatic N) is 1. The molecule has 0 radical (unpaired) electrons. The highest BCUT2D eigenvalue weighted by Crippen LogP contribution is 2.38. The van der Waals surface area contributed by atoms with Crippen molar-refractivity contribution in [3.8, 4) is 21.7 Å². The second-order valence-electron chi connectivity index (χ2n) is 6.61. The van der Waals surface area contributed by atoms with Gasteiger partial charge >= 0.3 is 0 Å². The van der Waals surface area contributed by atoms with Crippen molar-refractivity contribution in [2.75, 3.05) is 0 Å². The van der Waals surface area contributed by atoms with Gasteiger partial charge in [-0.15, -0.1) is 11.3 Å². The summed E-state index contributed by atoms with van der Waals surface area (Å²) in [7, 11) is -3.87. The van der Waals surface area contributed by atoms with Gasteiger partial charge in [-0.05, 0) is 42.0 Å². The molecule has 9 heteroatoms. The molecule has 3 aromatic carbocycles. The van der Waals surface area contributed by atoms with E-state index in [1.807, 2.05) is 0 Å². The van der Waals surface area contributed by atoms with Crippen LogP contribution >= 0.6 is 11.3 Å². The lowest BCUT2D eigenvalue weighted by molar-refractivity contribution is 0.103. The lowest BCUT2D eigenvalue weighted by atomic mass is 10.1. The van der Waals surface area contributed by atoms with E-state index in [4.69, 9.17) is 5.14 Å². The molecule has 4 rings (SSSR count). The molecule has 0 atom stereocenters. The lowest BCUT2D eigenvalue weighted by Gasteiger charge is -2.04. The van der Waals surface area contributed by atoms with Gasteiger partial charge < -0.3 is 0 Å².